The maximum atomic E-state index is 5.48. The van der Waals surface area contributed by atoms with Gasteiger partial charge in [-0.25, -0.2) is 0 Å². The zero-order chi connectivity index (χ0) is 8.20. The van der Waals surface area contributed by atoms with Crippen LogP contribution in [0.15, 0.2) is 11.6 Å². The highest BCUT2D eigenvalue weighted by molar-refractivity contribution is 6.78. The van der Waals surface area contributed by atoms with E-state index in [1.54, 1.807) is 5.54 Å². The largest absolute Gasteiger partial charge is 0.316 e. The van der Waals surface area contributed by atoms with Gasteiger partial charge in [0.2, 0.25) is 0 Å². The molecule has 0 heterocycles. The van der Waals surface area contributed by atoms with Crippen molar-refractivity contribution in [2.24, 2.45) is 0 Å². The molecule has 0 saturated carbocycles. The summed E-state index contributed by atoms with van der Waals surface area (Å²) in [5, 5.41) is 3.23. The maximum Gasteiger partial charge on any atom is 0.0684 e. The van der Waals surface area contributed by atoms with Gasteiger partial charge in [-0.15, -0.1) is 0 Å². The van der Waals surface area contributed by atoms with Crippen LogP contribution in [0.4, 0.5) is 0 Å². The third kappa shape index (κ3) is 3.39. The molecule has 0 aliphatic rings. The molecule has 0 aromatic carbocycles. The van der Waals surface area contributed by atoms with Crippen LogP contribution in [0.25, 0.3) is 0 Å². The number of hydrogen-bond acceptors (Lipinski definition) is 1. The zero-order valence-corrected chi connectivity index (χ0v) is 8.87. The fourth-order valence-corrected chi connectivity index (χ4v) is 2.70. The van der Waals surface area contributed by atoms with Crippen molar-refractivity contribution in [1.82, 2.24) is 5.32 Å². The Kier molecular flexibility index (Phi) is 4.25. The second-order valence-corrected chi connectivity index (χ2v) is 9.06. The molecule has 0 spiro atoms. The summed E-state index contributed by atoms with van der Waals surface area (Å²) in [6.45, 7) is 6.93. The lowest BCUT2D eigenvalue weighted by atomic mass is 10.6. The van der Waals surface area contributed by atoms with E-state index >= 15 is 0 Å². The number of hydrogen-bond donors (Lipinski definition) is 1. The SMILES string of the molecule is CNC(C=CCl)[Si](C)(C)C. The monoisotopic (exact) mass is 177 g/mol. The van der Waals surface area contributed by atoms with E-state index in [2.05, 4.69) is 25.0 Å². The molecule has 0 aliphatic heterocycles. The third-order valence-corrected chi connectivity index (χ3v) is 4.00. The molecule has 0 aromatic heterocycles. The van der Waals surface area contributed by atoms with E-state index in [0.29, 0.717) is 5.67 Å². The molecule has 60 valence electrons. The molecular formula is C7H16ClNSi. The highest BCUT2D eigenvalue weighted by atomic mass is 35.5. The van der Waals surface area contributed by atoms with Crippen molar-refractivity contribution in [2.75, 3.05) is 7.05 Å². The van der Waals surface area contributed by atoms with Gasteiger partial charge in [0.25, 0.3) is 0 Å². The lowest BCUT2D eigenvalue weighted by Gasteiger charge is -2.25. The van der Waals surface area contributed by atoms with Gasteiger partial charge >= 0.3 is 0 Å². The average Bonchev–Trinajstić information content (AvgIpc) is 1.80. The van der Waals surface area contributed by atoms with Gasteiger partial charge in [0.15, 0.2) is 0 Å². The number of rotatable bonds is 3. The lowest BCUT2D eigenvalue weighted by molar-refractivity contribution is 0.825. The van der Waals surface area contributed by atoms with Crippen LogP contribution >= 0.6 is 11.6 Å². The van der Waals surface area contributed by atoms with E-state index in [0.717, 1.165) is 0 Å². The third-order valence-electron chi connectivity index (χ3n) is 1.51. The van der Waals surface area contributed by atoms with Crippen LogP contribution in [0.2, 0.25) is 19.6 Å². The molecule has 1 nitrogen and oxygen atoms in total. The molecule has 0 bridgehead atoms. The normalized spacial score (nSPS) is 16.1. The minimum absolute atomic E-state index is 0.491. The molecule has 3 heteroatoms. The van der Waals surface area contributed by atoms with Crippen LogP contribution in [0, 0.1) is 0 Å². The van der Waals surface area contributed by atoms with Crippen molar-refractivity contribution < 1.29 is 0 Å². The Morgan fingerprint density at radius 2 is 1.90 bits per heavy atom. The second kappa shape index (κ2) is 4.16. The van der Waals surface area contributed by atoms with Crippen LogP contribution in [-0.2, 0) is 0 Å². The summed E-state index contributed by atoms with van der Waals surface area (Å²) in [6.07, 6.45) is 2.02. The van der Waals surface area contributed by atoms with Gasteiger partial charge in [0.1, 0.15) is 0 Å². The van der Waals surface area contributed by atoms with E-state index in [4.69, 9.17) is 11.6 Å². The molecule has 1 unspecified atom stereocenters. The summed E-state index contributed by atoms with van der Waals surface area (Å²) in [5.41, 5.74) is 2.09. The van der Waals surface area contributed by atoms with Crippen molar-refractivity contribution in [3.63, 3.8) is 0 Å². The van der Waals surface area contributed by atoms with Crippen LogP contribution in [0.1, 0.15) is 0 Å². The van der Waals surface area contributed by atoms with E-state index in [1.807, 2.05) is 13.1 Å². The fourth-order valence-electron chi connectivity index (χ4n) is 0.891. The molecule has 1 N–H and O–H groups in total. The van der Waals surface area contributed by atoms with Gasteiger partial charge in [0.05, 0.1) is 8.07 Å². The van der Waals surface area contributed by atoms with Crippen molar-refractivity contribution in [1.29, 1.82) is 0 Å². The molecule has 10 heavy (non-hydrogen) atoms. The maximum absolute atomic E-state index is 5.48. The Hall–Kier alpha value is 0.207. The van der Waals surface area contributed by atoms with E-state index in [9.17, 15) is 0 Å². The van der Waals surface area contributed by atoms with E-state index in [-0.39, 0.29) is 0 Å². The molecular weight excluding hydrogens is 162 g/mol. The predicted octanol–water partition coefficient (Wildman–Crippen LogP) is 2.20. The quantitative estimate of drug-likeness (QED) is 0.652. The zero-order valence-electron chi connectivity index (χ0n) is 7.11. The van der Waals surface area contributed by atoms with Crippen molar-refractivity contribution in [3.8, 4) is 0 Å². The first-order valence-corrected chi connectivity index (χ1v) is 7.48. The van der Waals surface area contributed by atoms with Crippen LogP contribution < -0.4 is 5.32 Å². The van der Waals surface area contributed by atoms with Gasteiger partial charge in [-0.2, -0.15) is 0 Å². The average molecular weight is 178 g/mol. The molecule has 0 fully saturated rings. The highest BCUT2D eigenvalue weighted by Crippen LogP contribution is 2.08. The fraction of sp³-hybridized carbons (Fsp3) is 0.714. The van der Waals surface area contributed by atoms with Crippen LogP contribution in [0.3, 0.4) is 0 Å². The Morgan fingerprint density at radius 1 is 1.40 bits per heavy atom. The molecule has 0 amide bonds. The van der Waals surface area contributed by atoms with Crippen molar-refractivity contribution >= 4 is 19.7 Å². The molecule has 0 saturated heterocycles. The standard InChI is InChI=1S/C7H16ClNSi/c1-9-7(5-6-8)10(2,3)4/h5-7,9H,1-4H3. The summed E-state index contributed by atoms with van der Waals surface area (Å²) in [4.78, 5) is 0. The number of nitrogens with one attached hydrogen (secondary N) is 1. The second-order valence-electron chi connectivity index (χ2n) is 3.45. The Morgan fingerprint density at radius 3 is 2.00 bits per heavy atom. The summed E-state index contributed by atoms with van der Waals surface area (Å²) in [7, 11) is 0.882. The van der Waals surface area contributed by atoms with Crippen molar-refractivity contribution in [3.05, 3.63) is 11.6 Å². The summed E-state index contributed by atoms with van der Waals surface area (Å²) < 4.78 is 0. The molecule has 1 atom stereocenters. The highest BCUT2D eigenvalue weighted by Gasteiger charge is 2.22. The van der Waals surface area contributed by atoms with Gasteiger partial charge in [-0.05, 0) is 7.05 Å². The summed E-state index contributed by atoms with van der Waals surface area (Å²) in [5.74, 6) is 0. The Balaban J connectivity index is 4.07. The van der Waals surface area contributed by atoms with E-state index < -0.39 is 8.07 Å². The predicted molar refractivity (Wildman–Crippen MR) is 51.2 cm³/mol. The Labute approximate surface area is 69.5 Å². The first-order valence-electron chi connectivity index (χ1n) is 3.46. The molecule has 0 aromatic rings. The number of halogens is 1. The minimum Gasteiger partial charge on any atom is -0.316 e. The van der Waals surface area contributed by atoms with Gasteiger partial charge in [0, 0.05) is 11.2 Å². The molecule has 0 radical (unpaired) electrons. The van der Waals surface area contributed by atoms with Crippen LogP contribution in [0.5, 0.6) is 0 Å². The topological polar surface area (TPSA) is 12.0 Å². The number of likely N-dealkylation sites (N-methyl/N-ethyl adjacent to an activating group) is 1. The first-order chi connectivity index (χ1) is 4.52. The van der Waals surface area contributed by atoms with Crippen molar-refractivity contribution in [2.45, 2.75) is 25.3 Å². The smallest absolute Gasteiger partial charge is 0.0684 e. The molecule has 0 aliphatic carbocycles. The van der Waals surface area contributed by atoms with Gasteiger partial charge in [-0.1, -0.05) is 37.3 Å². The molecule has 0 rings (SSSR count). The summed E-state index contributed by atoms with van der Waals surface area (Å²) in [6, 6.07) is 0. The van der Waals surface area contributed by atoms with E-state index in [1.165, 1.54) is 0 Å². The lowest BCUT2D eigenvalue weighted by Crippen LogP contribution is -2.45. The van der Waals surface area contributed by atoms with Gasteiger partial charge in [-0.3, -0.25) is 0 Å². The summed E-state index contributed by atoms with van der Waals surface area (Å²) >= 11 is 5.48. The first kappa shape index (κ1) is 10.2. The van der Waals surface area contributed by atoms with Gasteiger partial charge < -0.3 is 5.32 Å². The Bertz CT molecular complexity index is 117. The minimum atomic E-state index is -1.09. The van der Waals surface area contributed by atoms with Crippen LogP contribution in [-0.4, -0.2) is 20.8 Å².